The van der Waals surface area contributed by atoms with Gasteiger partial charge >= 0.3 is 6.18 Å². The second kappa shape index (κ2) is 6.95. The second-order valence-electron chi connectivity index (χ2n) is 4.85. The van der Waals surface area contributed by atoms with Crippen LogP contribution < -0.4 is 16.0 Å². The average molecular weight is 369 g/mol. The van der Waals surface area contributed by atoms with Gasteiger partial charge in [-0.1, -0.05) is 15.9 Å². The van der Waals surface area contributed by atoms with Crippen molar-refractivity contribution in [3.63, 3.8) is 0 Å². The summed E-state index contributed by atoms with van der Waals surface area (Å²) < 4.78 is 47.3. The Bertz CT molecular complexity index is 497. The molecular weight excluding hydrogens is 353 g/mol. The maximum atomic E-state index is 12.1. The van der Waals surface area contributed by atoms with Gasteiger partial charge in [0, 0.05) is 16.9 Å². The third kappa shape index (κ3) is 4.84. The van der Waals surface area contributed by atoms with Crippen LogP contribution in [0.3, 0.4) is 0 Å². The quantitative estimate of drug-likeness (QED) is 0.597. The predicted molar refractivity (Wildman–Crippen MR) is 75.0 cm³/mol. The summed E-state index contributed by atoms with van der Waals surface area (Å²) in [6.45, 7) is -0.792. The largest absolute Gasteiger partial charge is 0.493 e. The van der Waals surface area contributed by atoms with E-state index in [4.69, 9.17) is 10.6 Å². The van der Waals surface area contributed by atoms with Crippen molar-refractivity contribution in [1.82, 2.24) is 5.43 Å². The topological polar surface area (TPSA) is 56.5 Å². The fourth-order valence-corrected chi connectivity index (χ4v) is 2.80. The lowest BCUT2D eigenvalue weighted by Crippen LogP contribution is -2.41. The summed E-state index contributed by atoms with van der Waals surface area (Å²) in [7, 11) is 0. The van der Waals surface area contributed by atoms with Crippen molar-refractivity contribution < 1.29 is 22.6 Å². The molecule has 1 aromatic rings. The first-order valence-electron chi connectivity index (χ1n) is 6.44. The first-order chi connectivity index (χ1) is 9.89. The molecule has 1 atom stereocenters. The number of hydrogen-bond acceptors (Lipinski definition) is 4. The van der Waals surface area contributed by atoms with Crippen LogP contribution in [0.15, 0.2) is 16.6 Å². The van der Waals surface area contributed by atoms with Crippen LogP contribution in [0.25, 0.3) is 0 Å². The van der Waals surface area contributed by atoms with Crippen LogP contribution in [0.1, 0.15) is 11.1 Å². The predicted octanol–water partition coefficient (Wildman–Crippen LogP) is 2.34. The highest BCUT2D eigenvalue weighted by molar-refractivity contribution is 9.10. The molecule has 0 aliphatic carbocycles. The Hall–Kier alpha value is -0.830. The minimum absolute atomic E-state index is 0.128. The second-order valence-corrected chi connectivity index (χ2v) is 5.77. The maximum Gasteiger partial charge on any atom is 0.411 e. The molecular formula is C13H16BrF3N2O2. The van der Waals surface area contributed by atoms with Crippen molar-refractivity contribution in [3.8, 4) is 5.75 Å². The van der Waals surface area contributed by atoms with Gasteiger partial charge in [0.2, 0.25) is 0 Å². The van der Waals surface area contributed by atoms with E-state index >= 15 is 0 Å². The van der Waals surface area contributed by atoms with Crippen molar-refractivity contribution in [2.75, 3.05) is 19.8 Å². The number of hydrogen-bond donors (Lipinski definition) is 2. The number of nitrogens with two attached hydrogens (primary N) is 1. The smallest absolute Gasteiger partial charge is 0.411 e. The highest BCUT2D eigenvalue weighted by atomic mass is 79.9. The molecule has 4 nitrogen and oxygen atoms in total. The number of ether oxygens (including phenoxy) is 2. The highest BCUT2D eigenvalue weighted by Gasteiger charge is 2.28. The van der Waals surface area contributed by atoms with Crippen LogP contribution in [0, 0.1) is 0 Å². The van der Waals surface area contributed by atoms with E-state index < -0.39 is 18.8 Å². The Morgan fingerprint density at radius 2 is 2.19 bits per heavy atom. The minimum atomic E-state index is -4.33. The average Bonchev–Trinajstić information content (AvgIpc) is 2.84. The van der Waals surface area contributed by atoms with Crippen molar-refractivity contribution >= 4 is 15.9 Å². The van der Waals surface area contributed by atoms with Gasteiger partial charge in [0.25, 0.3) is 0 Å². The highest BCUT2D eigenvalue weighted by Crippen LogP contribution is 2.33. The van der Waals surface area contributed by atoms with Gasteiger partial charge in [0.05, 0.1) is 13.2 Å². The summed E-state index contributed by atoms with van der Waals surface area (Å²) in [5, 5.41) is 0. The van der Waals surface area contributed by atoms with Gasteiger partial charge in [-0.25, -0.2) is 0 Å². The van der Waals surface area contributed by atoms with Gasteiger partial charge in [-0.3, -0.25) is 11.3 Å². The van der Waals surface area contributed by atoms with E-state index in [2.05, 4.69) is 26.1 Å². The summed E-state index contributed by atoms with van der Waals surface area (Å²) >= 11 is 3.42. The molecule has 0 saturated carbocycles. The maximum absolute atomic E-state index is 12.1. The first-order valence-corrected chi connectivity index (χ1v) is 7.23. The molecule has 1 heterocycles. The molecule has 21 heavy (non-hydrogen) atoms. The Morgan fingerprint density at radius 3 is 2.86 bits per heavy atom. The van der Waals surface area contributed by atoms with E-state index in [1.807, 2.05) is 12.1 Å². The summed E-state index contributed by atoms with van der Waals surface area (Å²) in [6.07, 6.45) is -3.08. The van der Waals surface area contributed by atoms with E-state index in [9.17, 15) is 13.2 Å². The third-order valence-electron chi connectivity index (χ3n) is 3.11. The van der Waals surface area contributed by atoms with Crippen LogP contribution >= 0.6 is 15.9 Å². The SMILES string of the molecule is NNC(COCC(F)(F)F)Cc1cc(Br)cc2c1OCC2. The Labute approximate surface area is 128 Å². The molecule has 0 radical (unpaired) electrons. The number of halogens is 4. The lowest BCUT2D eigenvalue weighted by Gasteiger charge is -2.18. The summed E-state index contributed by atoms with van der Waals surface area (Å²) in [5.41, 5.74) is 4.47. The van der Waals surface area contributed by atoms with Crippen molar-refractivity contribution in [1.29, 1.82) is 0 Å². The zero-order valence-electron chi connectivity index (χ0n) is 11.2. The van der Waals surface area contributed by atoms with Gasteiger partial charge in [0.15, 0.2) is 0 Å². The van der Waals surface area contributed by atoms with Crippen molar-refractivity contribution in [3.05, 3.63) is 27.7 Å². The van der Waals surface area contributed by atoms with Gasteiger partial charge in [-0.05, 0) is 29.7 Å². The molecule has 0 saturated heterocycles. The normalized spacial score (nSPS) is 15.7. The number of fused-ring (bicyclic) bond motifs is 1. The number of rotatable bonds is 6. The van der Waals surface area contributed by atoms with Crippen LogP contribution in [-0.4, -0.2) is 32.0 Å². The third-order valence-corrected chi connectivity index (χ3v) is 3.57. The fraction of sp³-hybridized carbons (Fsp3) is 0.538. The molecule has 0 aromatic heterocycles. The Morgan fingerprint density at radius 1 is 1.43 bits per heavy atom. The van der Waals surface area contributed by atoms with Crippen molar-refractivity contribution in [2.45, 2.75) is 25.1 Å². The molecule has 1 aromatic carbocycles. The molecule has 0 amide bonds. The summed E-state index contributed by atoms with van der Waals surface area (Å²) in [5.74, 6) is 6.19. The minimum Gasteiger partial charge on any atom is -0.493 e. The van der Waals surface area contributed by atoms with Crippen LogP contribution in [0.2, 0.25) is 0 Å². The number of nitrogens with one attached hydrogen (secondary N) is 1. The van der Waals surface area contributed by atoms with Crippen LogP contribution in [0.5, 0.6) is 5.75 Å². The molecule has 1 aliphatic rings. The lowest BCUT2D eigenvalue weighted by atomic mass is 10.0. The van der Waals surface area contributed by atoms with Gasteiger partial charge in [-0.2, -0.15) is 13.2 Å². The lowest BCUT2D eigenvalue weighted by molar-refractivity contribution is -0.175. The van der Waals surface area contributed by atoms with E-state index in [0.717, 1.165) is 27.8 Å². The van der Waals surface area contributed by atoms with Crippen LogP contribution in [-0.2, 0) is 17.6 Å². The Kier molecular flexibility index (Phi) is 5.48. The number of alkyl halides is 3. The van der Waals surface area contributed by atoms with Gasteiger partial charge < -0.3 is 9.47 Å². The molecule has 2 rings (SSSR count). The molecule has 0 spiro atoms. The zero-order chi connectivity index (χ0) is 15.5. The van der Waals surface area contributed by atoms with E-state index in [0.29, 0.717) is 13.0 Å². The fourth-order valence-electron chi connectivity index (χ4n) is 2.25. The molecule has 0 fully saturated rings. The molecule has 1 aliphatic heterocycles. The van der Waals surface area contributed by atoms with E-state index in [1.54, 1.807) is 0 Å². The van der Waals surface area contributed by atoms with E-state index in [1.165, 1.54) is 0 Å². The summed E-state index contributed by atoms with van der Waals surface area (Å²) in [6, 6.07) is 3.45. The molecule has 0 bridgehead atoms. The van der Waals surface area contributed by atoms with Crippen molar-refractivity contribution in [2.24, 2.45) is 5.84 Å². The Balaban J connectivity index is 1.99. The monoisotopic (exact) mass is 368 g/mol. The first kappa shape index (κ1) is 16.5. The zero-order valence-corrected chi connectivity index (χ0v) is 12.8. The van der Waals surface area contributed by atoms with E-state index in [-0.39, 0.29) is 6.61 Å². The van der Waals surface area contributed by atoms with Gasteiger partial charge in [-0.15, -0.1) is 0 Å². The molecule has 8 heteroatoms. The molecule has 1 unspecified atom stereocenters. The number of benzene rings is 1. The molecule has 118 valence electrons. The molecule has 3 N–H and O–H groups in total. The standard InChI is InChI=1S/C13H16BrF3N2O2/c14-10-3-8-1-2-21-12(8)9(4-10)5-11(19-18)6-20-7-13(15,16)17/h3-4,11,19H,1-2,5-7,18H2. The van der Waals surface area contributed by atoms with Crippen LogP contribution in [0.4, 0.5) is 13.2 Å². The summed E-state index contributed by atoms with van der Waals surface area (Å²) in [4.78, 5) is 0. The van der Waals surface area contributed by atoms with Gasteiger partial charge in [0.1, 0.15) is 12.4 Å². The number of hydrazine groups is 1.